The maximum atomic E-state index is 13.7. The Labute approximate surface area is 158 Å². The van der Waals surface area contributed by atoms with Crippen LogP contribution in [0.25, 0.3) is 6.08 Å². The Bertz CT molecular complexity index is 943. The van der Waals surface area contributed by atoms with E-state index in [2.05, 4.69) is 5.32 Å². The highest BCUT2D eigenvalue weighted by Crippen LogP contribution is 2.32. The number of carbonyl (C=O) groups is 2. The number of nitrogens with one attached hydrogen (secondary N) is 1. The largest absolute Gasteiger partial charge is 0.493 e. The molecule has 132 valence electrons. The zero-order chi connectivity index (χ0) is 18.7. The maximum Gasteiger partial charge on any atom is 0.346 e. The average Bonchev–Trinajstić information content (AvgIpc) is 2.93. The fourth-order valence-corrected chi connectivity index (χ4v) is 3.26. The molecule has 1 aliphatic rings. The standard InChI is InChI=1S/C18H12FNO4S2/c1-23-14-8-10(9-15-16(21)20-18(25)26-15)6-7-13(14)24-17(22)11-4-2-3-5-12(11)19/h2-9H,1H3,(H,20,21,25). The van der Waals surface area contributed by atoms with Crippen LogP contribution >= 0.6 is 24.0 Å². The van der Waals surface area contributed by atoms with Crippen LogP contribution in [-0.2, 0) is 4.79 Å². The van der Waals surface area contributed by atoms with Crippen LogP contribution in [0.4, 0.5) is 4.39 Å². The van der Waals surface area contributed by atoms with Gasteiger partial charge >= 0.3 is 5.97 Å². The van der Waals surface area contributed by atoms with Crippen molar-refractivity contribution in [3.8, 4) is 11.5 Å². The van der Waals surface area contributed by atoms with Crippen LogP contribution in [0.15, 0.2) is 47.4 Å². The van der Waals surface area contributed by atoms with Crippen molar-refractivity contribution in [2.24, 2.45) is 0 Å². The van der Waals surface area contributed by atoms with E-state index in [0.717, 1.165) is 11.8 Å². The van der Waals surface area contributed by atoms with Gasteiger partial charge in [0.1, 0.15) is 10.1 Å². The molecular weight excluding hydrogens is 377 g/mol. The number of benzene rings is 2. The third kappa shape index (κ3) is 3.92. The van der Waals surface area contributed by atoms with Crippen LogP contribution < -0.4 is 14.8 Å². The molecule has 8 heteroatoms. The quantitative estimate of drug-likeness (QED) is 0.373. The first-order valence-corrected chi connectivity index (χ1v) is 8.60. The van der Waals surface area contributed by atoms with E-state index in [1.165, 1.54) is 31.4 Å². The van der Waals surface area contributed by atoms with Gasteiger partial charge in [-0.2, -0.15) is 0 Å². The Morgan fingerprint density at radius 2 is 2.00 bits per heavy atom. The molecule has 1 heterocycles. The third-order valence-corrected chi connectivity index (χ3v) is 4.59. The summed E-state index contributed by atoms with van der Waals surface area (Å²) in [5.41, 5.74) is 0.489. The fourth-order valence-electron chi connectivity index (χ4n) is 2.21. The Morgan fingerprint density at radius 1 is 1.23 bits per heavy atom. The summed E-state index contributed by atoms with van der Waals surface area (Å²) in [6.07, 6.45) is 1.64. The number of thiocarbonyl (C=S) groups is 1. The summed E-state index contributed by atoms with van der Waals surface area (Å²) in [6.45, 7) is 0. The number of ether oxygens (including phenoxy) is 2. The van der Waals surface area contributed by atoms with E-state index in [1.807, 2.05) is 0 Å². The Hall–Kier alpha value is -2.71. The highest BCUT2D eigenvalue weighted by atomic mass is 32.2. The number of halogens is 1. The van der Waals surface area contributed by atoms with Crippen molar-refractivity contribution < 1.29 is 23.5 Å². The highest BCUT2D eigenvalue weighted by Gasteiger charge is 2.22. The molecular formula is C18H12FNO4S2. The van der Waals surface area contributed by atoms with Gasteiger partial charge in [0.2, 0.25) is 0 Å². The van der Waals surface area contributed by atoms with E-state index in [1.54, 1.807) is 24.3 Å². The number of rotatable bonds is 4. The van der Waals surface area contributed by atoms with Crippen molar-refractivity contribution >= 4 is 46.3 Å². The fraction of sp³-hybridized carbons (Fsp3) is 0.0556. The van der Waals surface area contributed by atoms with Gasteiger partial charge in [-0.05, 0) is 35.9 Å². The molecule has 26 heavy (non-hydrogen) atoms. The van der Waals surface area contributed by atoms with Crippen molar-refractivity contribution in [3.05, 3.63) is 64.3 Å². The lowest BCUT2D eigenvalue weighted by atomic mass is 10.1. The first kappa shape index (κ1) is 18.1. The van der Waals surface area contributed by atoms with Crippen LogP contribution in [0.2, 0.25) is 0 Å². The van der Waals surface area contributed by atoms with Crippen LogP contribution in [0.1, 0.15) is 15.9 Å². The molecule has 2 aromatic carbocycles. The summed E-state index contributed by atoms with van der Waals surface area (Å²) >= 11 is 6.10. The number of hydrogen-bond acceptors (Lipinski definition) is 6. The van der Waals surface area contributed by atoms with Gasteiger partial charge in [0, 0.05) is 0 Å². The average molecular weight is 389 g/mol. The van der Waals surface area contributed by atoms with E-state index in [4.69, 9.17) is 21.7 Å². The maximum absolute atomic E-state index is 13.7. The second-order valence-corrected chi connectivity index (χ2v) is 6.85. The van der Waals surface area contributed by atoms with Crippen LogP contribution in [-0.4, -0.2) is 23.3 Å². The molecule has 1 aliphatic heterocycles. The molecule has 0 aromatic heterocycles. The Kier molecular flexibility index (Phi) is 5.34. The molecule has 3 rings (SSSR count). The molecule has 0 aliphatic carbocycles. The van der Waals surface area contributed by atoms with Gasteiger partial charge in [-0.15, -0.1) is 0 Å². The van der Waals surface area contributed by atoms with Gasteiger partial charge in [-0.3, -0.25) is 4.79 Å². The molecule has 0 radical (unpaired) electrons. The normalized spacial score (nSPS) is 15.1. The van der Waals surface area contributed by atoms with Crippen molar-refractivity contribution in [1.29, 1.82) is 0 Å². The number of thioether (sulfide) groups is 1. The zero-order valence-corrected chi connectivity index (χ0v) is 15.1. The smallest absolute Gasteiger partial charge is 0.346 e. The number of esters is 1. The van der Waals surface area contributed by atoms with Gasteiger partial charge in [0.25, 0.3) is 5.91 Å². The predicted octanol–water partition coefficient (Wildman–Crippen LogP) is 3.54. The summed E-state index contributed by atoms with van der Waals surface area (Å²) in [7, 11) is 1.42. The van der Waals surface area contributed by atoms with Crippen molar-refractivity contribution in [2.75, 3.05) is 7.11 Å². The second kappa shape index (κ2) is 7.67. The third-order valence-electron chi connectivity index (χ3n) is 3.42. The molecule has 1 N–H and O–H groups in total. The SMILES string of the molecule is COc1cc(C=C2SC(=S)NC2=O)ccc1OC(=O)c1ccccc1F. The van der Waals surface area contributed by atoms with Crippen LogP contribution in [0, 0.1) is 5.82 Å². The van der Waals surface area contributed by atoms with Gasteiger partial charge in [0.15, 0.2) is 11.5 Å². The van der Waals surface area contributed by atoms with Gasteiger partial charge < -0.3 is 14.8 Å². The molecule has 1 saturated heterocycles. The van der Waals surface area contributed by atoms with E-state index < -0.39 is 11.8 Å². The summed E-state index contributed by atoms with van der Waals surface area (Å²) in [6, 6.07) is 10.3. The topological polar surface area (TPSA) is 64.6 Å². The molecule has 0 spiro atoms. The van der Waals surface area contributed by atoms with Crippen LogP contribution in [0.5, 0.6) is 11.5 Å². The number of amides is 1. The zero-order valence-electron chi connectivity index (χ0n) is 13.4. The molecule has 2 aromatic rings. The van der Waals surface area contributed by atoms with Crippen molar-refractivity contribution in [3.63, 3.8) is 0 Å². The summed E-state index contributed by atoms with van der Waals surface area (Å²) in [5.74, 6) is -1.35. The lowest BCUT2D eigenvalue weighted by Crippen LogP contribution is -2.17. The molecule has 1 amide bonds. The number of methoxy groups -OCH3 is 1. The van der Waals surface area contributed by atoms with Crippen molar-refractivity contribution in [2.45, 2.75) is 0 Å². The second-order valence-electron chi connectivity index (χ2n) is 5.13. The summed E-state index contributed by atoms with van der Waals surface area (Å²) in [4.78, 5) is 24.3. The molecule has 0 atom stereocenters. The minimum absolute atomic E-state index is 0.141. The van der Waals surface area contributed by atoms with E-state index in [0.29, 0.717) is 14.8 Å². The first-order valence-electron chi connectivity index (χ1n) is 7.37. The molecule has 0 saturated carbocycles. The minimum Gasteiger partial charge on any atom is -0.493 e. The Balaban J connectivity index is 1.85. The monoisotopic (exact) mass is 389 g/mol. The van der Waals surface area contributed by atoms with Crippen molar-refractivity contribution in [1.82, 2.24) is 5.32 Å². The van der Waals surface area contributed by atoms with Gasteiger partial charge in [-0.1, -0.05) is 42.2 Å². The lowest BCUT2D eigenvalue weighted by Gasteiger charge is -2.10. The predicted molar refractivity (Wildman–Crippen MR) is 101 cm³/mol. The lowest BCUT2D eigenvalue weighted by molar-refractivity contribution is -0.115. The molecule has 0 bridgehead atoms. The van der Waals surface area contributed by atoms with E-state index in [9.17, 15) is 14.0 Å². The minimum atomic E-state index is -0.830. The molecule has 5 nitrogen and oxygen atoms in total. The highest BCUT2D eigenvalue weighted by molar-refractivity contribution is 8.26. The first-order chi connectivity index (χ1) is 12.5. The van der Waals surface area contributed by atoms with Gasteiger partial charge in [0.05, 0.1) is 17.6 Å². The van der Waals surface area contributed by atoms with Crippen LogP contribution in [0.3, 0.4) is 0 Å². The van der Waals surface area contributed by atoms with E-state index >= 15 is 0 Å². The number of carbonyl (C=O) groups excluding carboxylic acids is 2. The summed E-state index contributed by atoms with van der Waals surface area (Å²) < 4.78 is 24.6. The Morgan fingerprint density at radius 3 is 2.65 bits per heavy atom. The number of hydrogen-bond donors (Lipinski definition) is 1. The molecule has 1 fully saturated rings. The van der Waals surface area contributed by atoms with Gasteiger partial charge in [-0.25, -0.2) is 9.18 Å². The summed E-state index contributed by atoms with van der Waals surface area (Å²) in [5, 5.41) is 2.53. The molecule has 0 unspecified atom stereocenters. The van der Waals surface area contributed by atoms with E-state index in [-0.39, 0.29) is 23.0 Å².